The van der Waals surface area contributed by atoms with Gasteiger partial charge in [-0.3, -0.25) is 0 Å². The molecule has 0 aromatic heterocycles. The molecule has 0 heterocycles. The molecule has 1 aromatic rings. The summed E-state index contributed by atoms with van der Waals surface area (Å²) in [5.41, 5.74) is 9.38. The lowest BCUT2D eigenvalue weighted by molar-refractivity contribution is 1.04. The molecule has 0 saturated heterocycles. The van der Waals surface area contributed by atoms with E-state index in [-0.39, 0.29) is 6.54 Å². The third kappa shape index (κ3) is 2.63. The first kappa shape index (κ1) is 10.8. The van der Waals surface area contributed by atoms with E-state index in [4.69, 9.17) is 17.1 Å². The minimum absolute atomic E-state index is 0.151. The highest BCUT2D eigenvalue weighted by atomic mass is 35.5. The van der Waals surface area contributed by atoms with Crippen LogP contribution < -0.4 is 0 Å². The van der Waals surface area contributed by atoms with Crippen molar-refractivity contribution in [1.29, 1.82) is 0 Å². The van der Waals surface area contributed by atoms with E-state index in [1.54, 1.807) is 18.2 Å². The molecule has 0 amide bonds. The molecule has 0 aliphatic rings. The fourth-order valence-corrected chi connectivity index (χ4v) is 1.27. The molecular weight excluding hydrogens is 222 g/mol. The van der Waals surface area contributed by atoms with Gasteiger partial charge < -0.3 is 0 Å². The van der Waals surface area contributed by atoms with Crippen molar-refractivity contribution in [2.75, 3.05) is 0 Å². The summed E-state index contributed by atoms with van der Waals surface area (Å²) in [4.78, 5) is 2.65. The van der Waals surface area contributed by atoms with E-state index in [0.717, 1.165) is 0 Å². The molecular formula is C7H6ClN5S. The maximum atomic E-state index is 8.19. The van der Waals surface area contributed by atoms with Crippen molar-refractivity contribution in [2.24, 2.45) is 14.7 Å². The van der Waals surface area contributed by atoms with Crippen LogP contribution in [0.15, 0.2) is 32.9 Å². The van der Waals surface area contributed by atoms with Crippen LogP contribution in [0.3, 0.4) is 0 Å². The smallest absolute Gasteiger partial charge is 0.0911 e. The van der Waals surface area contributed by atoms with Crippen molar-refractivity contribution in [1.82, 2.24) is 0 Å². The number of azide groups is 1. The molecule has 0 saturated carbocycles. The maximum Gasteiger partial charge on any atom is 0.0911 e. The Hall–Kier alpha value is -1.23. The number of thiol groups is 1. The molecule has 5 nitrogen and oxygen atoms in total. The highest BCUT2D eigenvalue weighted by Gasteiger charge is 2.04. The highest BCUT2D eigenvalue weighted by Crippen LogP contribution is 2.27. The van der Waals surface area contributed by atoms with Crippen LogP contribution >= 0.6 is 24.4 Å². The standard InChI is InChI=1S/C7H6ClN5S/c8-6-2-1-3-7(11-13-14)5(6)4-10-12-9/h1-3H,4H2,(H,11,14). The second-order valence-corrected chi connectivity index (χ2v) is 2.90. The van der Waals surface area contributed by atoms with Gasteiger partial charge in [0.2, 0.25) is 0 Å². The zero-order valence-electron chi connectivity index (χ0n) is 7.00. The van der Waals surface area contributed by atoms with Crippen molar-refractivity contribution in [3.8, 4) is 0 Å². The predicted octanol–water partition coefficient (Wildman–Crippen LogP) is 4.08. The summed E-state index contributed by atoms with van der Waals surface area (Å²) in [5.74, 6) is 0. The lowest BCUT2D eigenvalue weighted by Gasteiger charge is -2.02. The Morgan fingerprint density at radius 3 is 2.93 bits per heavy atom. The summed E-state index contributed by atoms with van der Waals surface area (Å²) in [6.45, 7) is 0.151. The third-order valence-corrected chi connectivity index (χ3v) is 1.98. The van der Waals surface area contributed by atoms with Gasteiger partial charge in [-0.25, -0.2) is 0 Å². The van der Waals surface area contributed by atoms with Gasteiger partial charge >= 0.3 is 0 Å². The molecule has 0 aliphatic heterocycles. The van der Waals surface area contributed by atoms with Crippen molar-refractivity contribution in [2.45, 2.75) is 6.54 Å². The first-order valence-electron chi connectivity index (χ1n) is 3.63. The van der Waals surface area contributed by atoms with E-state index in [0.29, 0.717) is 16.3 Å². The lowest BCUT2D eigenvalue weighted by Crippen LogP contribution is -1.83. The van der Waals surface area contributed by atoms with E-state index in [2.05, 4.69) is 32.5 Å². The van der Waals surface area contributed by atoms with Gasteiger partial charge in [-0.2, -0.15) is 0 Å². The van der Waals surface area contributed by atoms with Gasteiger partial charge in [0.15, 0.2) is 0 Å². The molecule has 0 N–H and O–H groups in total. The Kier molecular flexibility index (Phi) is 4.25. The Labute approximate surface area is 91.0 Å². The minimum Gasteiger partial charge on any atom is -0.144 e. The van der Waals surface area contributed by atoms with Crippen LogP contribution in [0, 0.1) is 0 Å². The van der Waals surface area contributed by atoms with Gasteiger partial charge in [-0.15, -0.1) is 9.63 Å². The maximum absolute atomic E-state index is 8.19. The first-order chi connectivity index (χ1) is 6.79. The number of rotatable bonds is 3. The van der Waals surface area contributed by atoms with Crippen molar-refractivity contribution >= 4 is 30.1 Å². The molecule has 0 fully saturated rings. The Bertz CT molecular complexity index is 399. The Morgan fingerprint density at radius 1 is 1.50 bits per heavy atom. The van der Waals surface area contributed by atoms with Gasteiger partial charge in [0, 0.05) is 15.5 Å². The molecule has 72 valence electrons. The summed E-state index contributed by atoms with van der Waals surface area (Å²) in [7, 11) is 0. The SMILES string of the molecule is [N-]=[N+]=NCc1c(Cl)cccc1N=NS. The van der Waals surface area contributed by atoms with Gasteiger partial charge in [-0.05, 0) is 30.5 Å². The molecule has 7 heteroatoms. The Morgan fingerprint density at radius 2 is 2.29 bits per heavy atom. The monoisotopic (exact) mass is 227 g/mol. The van der Waals surface area contributed by atoms with Gasteiger partial charge in [-0.1, -0.05) is 22.8 Å². The molecule has 0 aliphatic carbocycles. The first-order valence-corrected chi connectivity index (χ1v) is 4.40. The zero-order valence-corrected chi connectivity index (χ0v) is 8.65. The number of nitrogens with zero attached hydrogens (tertiary/aromatic N) is 5. The summed E-state index contributed by atoms with van der Waals surface area (Å²) < 4.78 is 3.34. The van der Waals surface area contributed by atoms with Gasteiger partial charge in [0.1, 0.15) is 0 Å². The van der Waals surface area contributed by atoms with E-state index >= 15 is 0 Å². The van der Waals surface area contributed by atoms with Gasteiger partial charge in [0.25, 0.3) is 0 Å². The normalized spacial score (nSPS) is 10.1. The van der Waals surface area contributed by atoms with Crippen LogP contribution in [0.2, 0.25) is 5.02 Å². The highest BCUT2D eigenvalue weighted by molar-refractivity contribution is 7.78. The van der Waals surface area contributed by atoms with E-state index < -0.39 is 0 Å². The number of benzene rings is 1. The fourth-order valence-electron chi connectivity index (χ4n) is 0.948. The average Bonchev–Trinajstić information content (AvgIpc) is 2.18. The van der Waals surface area contributed by atoms with Crippen molar-refractivity contribution < 1.29 is 0 Å². The summed E-state index contributed by atoms with van der Waals surface area (Å²) in [5, 5.41) is 7.65. The zero-order chi connectivity index (χ0) is 10.4. The number of hydrogen-bond acceptors (Lipinski definition) is 3. The van der Waals surface area contributed by atoms with Crippen LogP contribution in [0.5, 0.6) is 0 Å². The van der Waals surface area contributed by atoms with Crippen molar-refractivity contribution in [3.63, 3.8) is 0 Å². The van der Waals surface area contributed by atoms with Crippen LogP contribution in [0.4, 0.5) is 5.69 Å². The molecule has 0 unspecified atom stereocenters. The second-order valence-electron chi connectivity index (χ2n) is 2.32. The molecule has 0 atom stereocenters. The fraction of sp³-hybridized carbons (Fsp3) is 0.143. The molecule has 0 radical (unpaired) electrons. The third-order valence-electron chi connectivity index (χ3n) is 1.54. The van der Waals surface area contributed by atoms with Crippen LogP contribution in [0.1, 0.15) is 5.56 Å². The van der Waals surface area contributed by atoms with E-state index in [1.807, 2.05) is 0 Å². The molecule has 0 spiro atoms. The molecule has 1 aromatic carbocycles. The van der Waals surface area contributed by atoms with E-state index in [1.165, 1.54) is 0 Å². The number of halogens is 1. The summed E-state index contributed by atoms with van der Waals surface area (Å²) in [6, 6.07) is 5.15. The average molecular weight is 228 g/mol. The quantitative estimate of drug-likeness (QED) is 0.350. The second kappa shape index (κ2) is 5.49. The van der Waals surface area contributed by atoms with Crippen molar-refractivity contribution in [3.05, 3.63) is 39.2 Å². The molecule has 1 rings (SSSR count). The van der Waals surface area contributed by atoms with Gasteiger partial charge in [0.05, 0.1) is 12.2 Å². The number of hydrogen-bond donors (Lipinski definition) is 1. The topological polar surface area (TPSA) is 73.5 Å². The predicted molar refractivity (Wildman–Crippen MR) is 57.8 cm³/mol. The largest absolute Gasteiger partial charge is 0.144 e. The van der Waals surface area contributed by atoms with Crippen LogP contribution in [-0.4, -0.2) is 0 Å². The molecule has 0 bridgehead atoms. The molecule has 14 heavy (non-hydrogen) atoms. The van der Waals surface area contributed by atoms with E-state index in [9.17, 15) is 0 Å². The lowest BCUT2D eigenvalue weighted by atomic mass is 10.2. The Balaban J connectivity index is 3.14. The van der Waals surface area contributed by atoms with Crippen LogP contribution in [-0.2, 0) is 6.54 Å². The summed E-state index contributed by atoms with van der Waals surface area (Å²) >= 11 is 9.51. The van der Waals surface area contributed by atoms with Crippen LogP contribution in [0.25, 0.3) is 10.4 Å². The summed E-state index contributed by atoms with van der Waals surface area (Å²) in [6.07, 6.45) is 0. The minimum atomic E-state index is 0.151.